The minimum atomic E-state index is -3.11. The molecule has 0 aliphatic carbocycles. The van der Waals surface area contributed by atoms with Gasteiger partial charge in [-0.2, -0.15) is 0 Å². The van der Waals surface area contributed by atoms with E-state index in [-0.39, 0.29) is 0 Å². The molecule has 5 heteroatoms. The first-order valence-electron chi connectivity index (χ1n) is 8.58. The van der Waals surface area contributed by atoms with E-state index in [9.17, 15) is 8.42 Å². The van der Waals surface area contributed by atoms with Crippen LogP contribution in [0, 0.1) is 0 Å². The van der Waals surface area contributed by atoms with Crippen molar-refractivity contribution in [3.05, 3.63) is 52.2 Å². The van der Waals surface area contributed by atoms with Crippen molar-refractivity contribution < 1.29 is 8.42 Å². The fourth-order valence-electron chi connectivity index (χ4n) is 3.44. The summed E-state index contributed by atoms with van der Waals surface area (Å²) in [5.41, 5.74) is 1.20. The van der Waals surface area contributed by atoms with E-state index in [1.165, 1.54) is 42.4 Å². The van der Waals surface area contributed by atoms with Gasteiger partial charge in [-0.15, -0.1) is 11.3 Å². The highest BCUT2D eigenvalue weighted by molar-refractivity contribution is 7.90. The number of piperidine rings is 1. The van der Waals surface area contributed by atoms with Gasteiger partial charge in [0.1, 0.15) is 0 Å². The van der Waals surface area contributed by atoms with Gasteiger partial charge in [0.15, 0.2) is 9.84 Å². The number of nitrogens with zero attached hydrogens (tertiary/aromatic N) is 1. The van der Waals surface area contributed by atoms with Gasteiger partial charge in [0.05, 0.1) is 4.90 Å². The van der Waals surface area contributed by atoms with E-state index >= 15 is 0 Å². The van der Waals surface area contributed by atoms with Crippen LogP contribution in [0.5, 0.6) is 0 Å². The Kier molecular flexibility index (Phi) is 5.74. The van der Waals surface area contributed by atoms with Crippen molar-refractivity contribution in [1.29, 1.82) is 0 Å². The minimum absolute atomic E-state index is 0.402. The van der Waals surface area contributed by atoms with Gasteiger partial charge in [-0.25, -0.2) is 8.42 Å². The van der Waals surface area contributed by atoms with E-state index in [0.29, 0.717) is 10.9 Å². The smallest absolute Gasteiger partial charge is 0.175 e. The number of benzene rings is 1. The van der Waals surface area contributed by atoms with Gasteiger partial charge in [-0.1, -0.05) is 24.6 Å². The summed E-state index contributed by atoms with van der Waals surface area (Å²) in [5.74, 6) is 0. The van der Waals surface area contributed by atoms with Crippen molar-refractivity contribution in [2.24, 2.45) is 0 Å². The van der Waals surface area contributed by atoms with Crippen LogP contribution in [0.25, 0.3) is 0 Å². The Hall–Kier alpha value is -1.17. The molecule has 2 heterocycles. The van der Waals surface area contributed by atoms with Crippen molar-refractivity contribution in [1.82, 2.24) is 4.90 Å². The van der Waals surface area contributed by atoms with Crippen LogP contribution in [0.1, 0.15) is 36.1 Å². The average molecular weight is 364 g/mol. The van der Waals surface area contributed by atoms with Crippen molar-refractivity contribution in [3.63, 3.8) is 0 Å². The van der Waals surface area contributed by atoms with E-state index in [1.54, 1.807) is 12.1 Å². The first-order chi connectivity index (χ1) is 11.5. The molecule has 1 aromatic carbocycles. The molecule has 1 aliphatic heterocycles. The van der Waals surface area contributed by atoms with Crippen LogP contribution in [0.4, 0.5) is 0 Å². The van der Waals surface area contributed by atoms with E-state index in [1.807, 2.05) is 23.5 Å². The average Bonchev–Trinajstić information content (AvgIpc) is 3.07. The zero-order chi connectivity index (χ0) is 17.0. The monoisotopic (exact) mass is 363 g/mol. The number of sulfone groups is 1. The van der Waals surface area contributed by atoms with Gasteiger partial charge in [-0.05, 0) is 61.4 Å². The number of likely N-dealkylation sites (tertiary alicyclic amines) is 1. The number of hydrogen-bond donors (Lipinski definition) is 0. The lowest BCUT2D eigenvalue weighted by Gasteiger charge is -2.36. The van der Waals surface area contributed by atoms with Crippen LogP contribution < -0.4 is 0 Å². The molecular formula is C19H25NO2S2. The van der Waals surface area contributed by atoms with E-state index in [0.717, 1.165) is 19.5 Å². The maximum atomic E-state index is 11.6. The van der Waals surface area contributed by atoms with E-state index in [4.69, 9.17) is 0 Å². The van der Waals surface area contributed by atoms with Gasteiger partial charge in [0.2, 0.25) is 0 Å². The molecule has 24 heavy (non-hydrogen) atoms. The largest absolute Gasteiger partial charge is 0.296 e. The summed E-state index contributed by atoms with van der Waals surface area (Å²) >= 11 is 1.85. The van der Waals surface area contributed by atoms with Gasteiger partial charge in [0.25, 0.3) is 0 Å². The Morgan fingerprint density at radius 1 is 1.17 bits per heavy atom. The quantitative estimate of drug-likeness (QED) is 0.774. The summed E-state index contributed by atoms with van der Waals surface area (Å²) < 4.78 is 23.1. The molecule has 0 radical (unpaired) electrons. The summed E-state index contributed by atoms with van der Waals surface area (Å²) in [6.45, 7) is 2.06. The molecule has 1 atom stereocenters. The second-order valence-electron chi connectivity index (χ2n) is 6.65. The van der Waals surface area contributed by atoms with Crippen molar-refractivity contribution in [2.75, 3.05) is 12.8 Å². The highest BCUT2D eigenvalue weighted by Crippen LogP contribution is 2.24. The molecule has 0 bridgehead atoms. The highest BCUT2D eigenvalue weighted by atomic mass is 32.2. The van der Waals surface area contributed by atoms with Gasteiger partial charge >= 0.3 is 0 Å². The minimum Gasteiger partial charge on any atom is -0.296 e. The molecule has 1 aromatic heterocycles. The third-order valence-corrected chi connectivity index (χ3v) is 6.85. The molecule has 0 saturated carbocycles. The molecule has 3 nitrogen and oxygen atoms in total. The third kappa shape index (κ3) is 4.68. The molecule has 3 rings (SSSR count). The second kappa shape index (κ2) is 7.81. The van der Waals surface area contributed by atoms with Crippen molar-refractivity contribution in [3.8, 4) is 0 Å². The first-order valence-corrected chi connectivity index (χ1v) is 11.3. The fraction of sp³-hybridized carbons (Fsp3) is 0.474. The predicted octanol–water partition coefficient (Wildman–Crippen LogP) is 4.14. The zero-order valence-corrected chi connectivity index (χ0v) is 15.8. The molecule has 2 aromatic rings. The molecule has 130 valence electrons. The lowest BCUT2D eigenvalue weighted by molar-refractivity contribution is 0.132. The zero-order valence-electron chi connectivity index (χ0n) is 14.1. The van der Waals surface area contributed by atoms with E-state index < -0.39 is 9.84 Å². The molecule has 1 saturated heterocycles. The van der Waals surface area contributed by atoms with Crippen LogP contribution in [0.15, 0.2) is 46.7 Å². The normalized spacial score (nSPS) is 19.5. The Bertz CT molecular complexity index is 736. The summed E-state index contributed by atoms with van der Waals surface area (Å²) in [6.07, 6.45) is 7.48. The van der Waals surface area contributed by atoms with Gasteiger partial charge in [0, 0.05) is 23.7 Å². The molecule has 1 aliphatic rings. The molecule has 0 N–H and O–H groups in total. The molecule has 1 fully saturated rings. The Morgan fingerprint density at radius 3 is 2.62 bits per heavy atom. The molecule has 1 unspecified atom stereocenters. The summed E-state index contributed by atoms with van der Waals surface area (Å²) in [6, 6.07) is 12.4. The van der Waals surface area contributed by atoms with Gasteiger partial charge in [-0.3, -0.25) is 4.90 Å². The van der Waals surface area contributed by atoms with Crippen LogP contribution >= 0.6 is 11.3 Å². The topological polar surface area (TPSA) is 37.4 Å². The van der Waals surface area contributed by atoms with E-state index in [2.05, 4.69) is 22.4 Å². The predicted molar refractivity (Wildman–Crippen MR) is 100 cm³/mol. The number of thiophene rings is 1. The Labute approximate surface area is 149 Å². The maximum absolute atomic E-state index is 11.6. The summed E-state index contributed by atoms with van der Waals surface area (Å²) in [5, 5.41) is 2.15. The molecular weight excluding hydrogens is 338 g/mol. The van der Waals surface area contributed by atoms with Crippen molar-refractivity contribution in [2.45, 2.75) is 49.6 Å². The fourth-order valence-corrected chi connectivity index (χ4v) is 4.79. The Morgan fingerprint density at radius 2 is 1.96 bits per heavy atom. The molecule has 0 spiro atoms. The third-order valence-electron chi connectivity index (χ3n) is 4.79. The van der Waals surface area contributed by atoms with Crippen LogP contribution in [-0.4, -0.2) is 32.2 Å². The lowest BCUT2D eigenvalue weighted by atomic mass is 9.97. The number of hydrogen-bond acceptors (Lipinski definition) is 4. The second-order valence-corrected chi connectivity index (χ2v) is 9.70. The molecule has 0 amide bonds. The van der Waals surface area contributed by atoms with Crippen molar-refractivity contribution >= 4 is 21.2 Å². The summed E-state index contributed by atoms with van der Waals surface area (Å²) in [4.78, 5) is 4.45. The SMILES string of the molecule is CS(=O)(=O)c1ccc(CN2CCCCC2CCc2cccs2)cc1. The van der Waals surface area contributed by atoms with Gasteiger partial charge < -0.3 is 0 Å². The lowest BCUT2D eigenvalue weighted by Crippen LogP contribution is -2.39. The first kappa shape index (κ1) is 17.6. The maximum Gasteiger partial charge on any atom is 0.175 e. The van der Waals surface area contributed by atoms with Crippen LogP contribution in [-0.2, 0) is 22.8 Å². The number of rotatable bonds is 6. The van der Waals surface area contributed by atoms with Crippen LogP contribution in [0.2, 0.25) is 0 Å². The standard InChI is InChI=1S/C19H25NO2S2/c1-24(21,22)19-11-7-16(8-12-19)15-20-13-3-2-5-17(20)9-10-18-6-4-14-23-18/h4,6-8,11-12,14,17H,2-3,5,9-10,13,15H2,1H3. The Balaban J connectivity index is 1.62. The van der Waals surface area contributed by atoms with Crippen LogP contribution in [0.3, 0.4) is 0 Å². The number of aryl methyl sites for hydroxylation is 1. The highest BCUT2D eigenvalue weighted by Gasteiger charge is 2.22. The summed E-state index contributed by atoms with van der Waals surface area (Å²) in [7, 11) is -3.11.